The maximum absolute atomic E-state index is 13.1. The van der Waals surface area contributed by atoms with Crippen LogP contribution in [0.3, 0.4) is 0 Å². The summed E-state index contributed by atoms with van der Waals surface area (Å²) in [6.07, 6.45) is 1.88. The highest BCUT2D eigenvalue weighted by atomic mass is 16.5. The Labute approximate surface area is 189 Å². The molecule has 0 saturated carbocycles. The first-order chi connectivity index (χ1) is 15.5. The fraction of sp³-hybridized carbons (Fsp3) is 0.400. The van der Waals surface area contributed by atoms with Crippen LogP contribution in [-0.2, 0) is 17.9 Å². The SMILES string of the molecule is COc1ccc(CN(C)C(=O)C2CCCN(Cc3nc(-c4cccc(C)c4)no3)C2)cc1. The Morgan fingerprint density at radius 2 is 2.06 bits per heavy atom. The summed E-state index contributed by atoms with van der Waals surface area (Å²) < 4.78 is 10.7. The molecule has 0 spiro atoms. The zero-order chi connectivity index (χ0) is 22.5. The van der Waals surface area contributed by atoms with Gasteiger partial charge < -0.3 is 14.2 Å². The standard InChI is InChI=1S/C25H30N4O3/c1-18-6-4-7-20(14-18)24-26-23(32-27-24)17-29-13-5-8-21(16-29)25(30)28(2)15-19-9-11-22(31-3)12-10-19/h4,6-7,9-12,14,21H,5,8,13,15-17H2,1-3H3. The van der Waals surface area contributed by atoms with Crippen LogP contribution < -0.4 is 4.74 Å². The van der Waals surface area contributed by atoms with Crippen LogP contribution in [0.4, 0.5) is 0 Å². The highest BCUT2D eigenvalue weighted by Crippen LogP contribution is 2.23. The molecule has 0 aliphatic carbocycles. The van der Waals surface area contributed by atoms with Crippen LogP contribution in [0.1, 0.15) is 29.9 Å². The highest BCUT2D eigenvalue weighted by Gasteiger charge is 2.29. The molecule has 32 heavy (non-hydrogen) atoms. The third-order valence-electron chi connectivity index (χ3n) is 5.91. The second-order valence-electron chi connectivity index (χ2n) is 8.50. The lowest BCUT2D eigenvalue weighted by Gasteiger charge is -2.33. The zero-order valence-corrected chi connectivity index (χ0v) is 19.0. The Bertz CT molecular complexity index is 1050. The molecule has 0 radical (unpaired) electrons. The van der Waals surface area contributed by atoms with Gasteiger partial charge >= 0.3 is 0 Å². The quantitative estimate of drug-likeness (QED) is 0.561. The van der Waals surface area contributed by atoms with Crippen LogP contribution in [-0.4, -0.2) is 53.1 Å². The molecular weight excluding hydrogens is 404 g/mol. The minimum Gasteiger partial charge on any atom is -0.497 e. The van der Waals surface area contributed by atoms with E-state index in [0.29, 0.717) is 31.3 Å². The first-order valence-electron chi connectivity index (χ1n) is 11.0. The molecule has 2 heterocycles. The van der Waals surface area contributed by atoms with Gasteiger partial charge in [0.1, 0.15) is 5.75 Å². The molecule has 0 N–H and O–H groups in total. The van der Waals surface area contributed by atoms with E-state index in [9.17, 15) is 4.79 Å². The van der Waals surface area contributed by atoms with E-state index in [1.165, 1.54) is 0 Å². The van der Waals surface area contributed by atoms with Gasteiger partial charge in [0.2, 0.25) is 17.6 Å². The number of hydrogen-bond donors (Lipinski definition) is 0. The summed E-state index contributed by atoms with van der Waals surface area (Å²) in [6.45, 7) is 4.82. The molecule has 1 atom stereocenters. The number of aromatic nitrogens is 2. The number of carbonyl (C=O) groups is 1. The van der Waals surface area contributed by atoms with Crippen molar-refractivity contribution >= 4 is 5.91 Å². The fourth-order valence-electron chi connectivity index (χ4n) is 4.21. The second kappa shape index (κ2) is 9.96. The largest absolute Gasteiger partial charge is 0.497 e. The lowest BCUT2D eigenvalue weighted by atomic mass is 9.96. The Morgan fingerprint density at radius 3 is 2.81 bits per heavy atom. The number of benzene rings is 2. The highest BCUT2D eigenvalue weighted by molar-refractivity contribution is 5.79. The van der Waals surface area contributed by atoms with Gasteiger partial charge in [0.25, 0.3) is 0 Å². The number of methoxy groups -OCH3 is 1. The number of rotatable bonds is 7. The van der Waals surface area contributed by atoms with Gasteiger partial charge in [-0.3, -0.25) is 9.69 Å². The predicted octanol–water partition coefficient (Wildman–Crippen LogP) is 3.92. The Hall–Kier alpha value is -3.19. The van der Waals surface area contributed by atoms with Crippen molar-refractivity contribution in [3.8, 4) is 17.1 Å². The lowest BCUT2D eigenvalue weighted by Crippen LogP contribution is -2.43. The predicted molar refractivity (Wildman–Crippen MR) is 122 cm³/mol. The molecule has 1 aromatic heterocycles. The number of carbonyl (C=O) groups excluding carboxylic acids is 1. The van der Waals surface area contributed by atoms with Crippen molar-refractivity contribution in [2.75, 3.05) is 27.2 Å². The van der Waals surface area contributed by atoms with Crippen LogP contribution in [0.25, 0.3) is 11.4 Å². The van der Waals surface area contributed by atoms with Crippen LogP contribution in [0.2, 0.25) is 0 Å². The number of ether oxygens (including phenoxy) is 1. The van der Waals surface area contributed by atoms with Gasteiger partial charge in [-0.15, -0.1) is 0 Å². The van der Waals surface area contributed by atoms with Gasteiger partial charge in [0.05, 0.1) is 19.6 Å². The van der Waals surface area contributed by atoms with E-state index >= 15 is 0 Å². The monoisotopic (exact) mass is 434 g/mol. The molecule has 1 aliphatic heterocycles. The van der Waals surface area contributed by atoms with E-state index in [1.807, 2.05) is 67.4 Å². The maximum Gasteiger partial charge on any atom is 0.241 e. The fourth-order valence-corrected chi connectivity index (χ4v) is 4.21. The van der Waals surface area contributed by atoms with Crippen molar-refractivity contribution in [2.24, 2.45) is 5.92 Å². The van der Waals surface area contributed by atoms with E-state index < -0.39 is 0 Å². The molecule has 1 unspecified atom stereocenters. The molecule has 7 heteroatoms. The van der Waals surface area contributed by atoms with Crippen LogP contribution >= 0.6 is 0 Å². The Morgan fingerprint density at radius 1 is 1.25 bits per heavy atom. The number of piperidine rings is 1. The van der Waals surface area contributed by atoms with Crippen LogP contribution in [0, 0.1) is 12.8 Å². The van der Waals surface area contributed by atoms with Gasteiger partial charge in [0, 0.05) is 25.7 Å². The van der Waals surface area contributed by atoms with Gasteiger partial charge in [-0.05, 0) is 50.1 Å². The van der Waals surface area contributed by atoms with E-state index in [0.717, 1.165) is 41.8 Å². The summed E-state index contributed by atoms with van der Waals surface area (Å²) in [4.78, 5) is 21.7. The average molecular weight is 435 g/mol. The number of likely N-dealkylation sites (tertiary alicyclic amines) is 1. The van der Waals surface area contributed by atoms with Crippen LogP contribution in [0.5, 0.6) is 5.75 Å². The van der Waals surface area contributed by atoms with E-state index in [-0.39, 0.29) is 11.8 Å². The summed E-state index contributed by atoms with van der Waals surface area (Å²) in [6, 6.07) is 15.9. The van der Waals surface area contributed by atoms with Crippen molar-refractivity contribution in [3.63, 3.8) is 0 Å². The third-order valence-corrected chi connectivity index (χ3v) is 5.91. The number of aryl methyl sites for hydroxylation is 1. The van der Waals surface area contributed by atoms with E-state index in [2.05, 4.69) is 15.0 Å². The van der Waals surface area contributed by atoms with Crippen molar-refractivity contribution in [1.82, 2.24) is 19.9 Å². The van der Waals surface area contributed by atoms with E-state index in [1.54, 1.807) is 7.11 Å². The zero-order valence-electron chi connectivity index (χ0n) is 19.0. The topological polar surface area (TPSA) is 71.7 Å². The second-order valence-corrected chi connectivity index (χ2v) is 8.50. The van der Waals surface area contributed by atoms with Gasteiger partial charge in [-0.2, -0.15) is 4.98 Å². The molecule has 1 saturated heterocycles. The van der Waals surface area contributed by atoms with Gasteiger partial charge in [-0.25, -0.2) is 0 Å². The molecule has 1 fully saturated rings. The summed E-state index contributed by atoms with van der Waals surface area (Å²) >= 11 is 0. The average Bonchev–Trinajstić information content (AvgIpc) is 3.28. The number of nitrogens with zero attached hydrogens (tertiary/aromatic N) is 4. The van der Waals surface area contributed by atoms with Crippen molar-refractivity contribution in [2.45, 2.75) is 32.9 Å². The lowest BCUT2D eigenvalue weighted by molar-refractivity contribution is -0.136. The minimum absolute atomic E-state index is 0.0221. The van der Waals surface area contributed by atoms with Crippen molar-refractivity contribution < 1.29 is 14.1 Å². The van der Waals surface area contributed by atoms with Crippen molar-refractivity contribution in [1.29, 1.82) is 0 Å². The molecule has 7 nitrogen and oxygen atoms in total. The molecule has 4 rings (SSSR count). The Balaban J connectivity index is 1.34. The number of hydrogen-bond acceptors (Lipinski definition) is 6. The molecule has 2 aromatic carbocycles. The third kappa shape index (κ3) is 5.34. The normalized spacial score (nSPS) is 16.7. The van der Waals surface area contributed by atoms with Gasteiger partial charge in [0.15, 0.2) is 0 Å². The molecule has 3 aromatic rings. The first kappa shape index (κ1) is 22.0. The van der Waals surface area contributed by atoms with Gasteiger partial charge in [-0.1, -0.05) is 41.1 Å². The maximum atomic E-state index is 13.1. The molecule has 0 bridgehead atoms. The molecule has 1 amide bonds. The Kier molecular flexibility index (Phi) is 6.85. The molecule has 168 valence electrons. The summed E-state index contributed by atoms with van der Waals surface area (Å²) in [5, 5.41) is 4.14. The van der Waals surface area contributed by atoms with Crippen LogP contribution in [0.15, 0.2) is 53.1 Å². The first-order valence-corrected chi connectivity index (χ1v) is 11.0. The van der Waals surface area contributed by atoms with E-state index in [4.69, 9.17) is 9.26 Å². The minimum atomic E-state index is -0.0221. The smallest absolute Gasteiger partial charge is 0.241 e. The molecule has 1 aliphatic rings. The summed E-state index contributed by atoms with van der Waals surface area (Å²) in [5.41, 5.74) is 3.20. The summed E-state index contributed by atoms with van der Waals surface area (Å²) in [5.74, 6) is 2.16. The number of amides is 1. The van der Waals surface area contributed by atoms with Crippen molar-refractivity contribution in [3.05, 3.63) is 65.5 Å². The molecular formula is C25H30N4O3. The summed E-state index contributed by atoms with van der Waals surface area (Å²) in [7, 11) is 3.52.